The second kappa shape index (κ2) is 7.61. The predicted octanol–water partition coefficient (Wildman–Crippen LogP) is 3.89. The second-order valence-electron chi connectivity index (χ2n) is 4.54. The van der Waals surface area contributed by atoms with Crippen LogP contribution in [0.15, 0.2) is 53.4 Å². The number of benzene rings is 2. The molecular formula is C16H16N2O3S. The number of hydrogen-bond donors (Lipinski definition) is 1. The first-order valence-corrected chi connectivity index (χ1v) is 7.84. The van der Waals surface area contributed by atoms with E-state index in [0.29, 0.717) is 5.56 Å². The van der Waals surface area contributed by atoms with Gasteiger partial charge in [-0.05, 0) is 17.9 Å². The fourth-order valence-electron chi connectivity index (χ4n) is 2.06. The molecule has 0 aliphatic rings. The van der Waals surface area contributed by atoms with Crippen molar-refractivity contribution in [3.05, 3.63) is 64.2 Å². The fraction of sp³-hybridized carbons (Fsp3) is 0.188. The zero-order valence-corrected chi connectivity index (χ0v) is 12.9. The first-order chi connectivity index (χ1) is 10.6. The van der Waals surface area contributed by atoms with Crippen LogP contribution in [-0.2, 0) is 11.2 Å². The normalized spacial score (nSPS) is 10.2. The van der Waals surface area contributed by atoms with Gasteiger partial charge in [-0.1, -0.05) is 37.3 Å². The molecule has 2 aromatic carbocycles. The summed E-state index contributed by atoms with van der Waals surface area (Å²) in [5, 5.41) is 13.8. The van der Waals surface area contributed by atoms with Crippen LogP contribution in [0.25, 0.3) is 0 Å². The molecular weight excluding hydrogens is 300 g/mol. The lowest BCUT2D eigenvalue weighted by atomic mass is 10.1. The average Bonchev–Trinajstić information content (AvgIpc) is 2.50. The zero-order valence-electron chi connectivity index (χ0n) is 12.1. The Labute approximate surface area is 132 Å². The molecule has 2 rings (SSSR count). The minimum atomic E-state index is -0.469. The van der Waals surface area contributed by atoms with Gasteiger partial charge in [0.05, 0.1) is 17.0 Å². The molecule has 5 nitrogen and oxygen atoms in total. The number of hydrogen-bond acceptors (Lipinski definition) is 4. The van der Waals surface area contributed by atoms with Crippen molar-refractivity contribution in [2.45, 2.75) is 18.2 Å². The monoisotopic (exact) mass is 316 g/mol. The minimum absolute atomic E-state index is 0.0255. The van der Waals surface area contributed by atoms with Crippen molar-refractivity contribution in [2.24, 2.45) is 0 Å². The van der Waals surface area contributed by atoms with E-state index in [4.69, 9.17) is 0 Å². The van der Waals surface area contributed by atoms with Crippen LogP contribution in [0.3, 0.4) is 0 Å². The number of para-hydroxylation sites is 2. The summed E-state index contributed by atoms with van der Waals surface area (Å²) < 4.78 is 0. The van der Waals surface area contributed by atoms with Gasteiger partial charge >= 0.3 is 0 Å². The smallest absolute Gasteiger partial charge is 0.273 e. The van der Waals surface area contributed by atoms with E-state index in [2.05, 4.69) is 5.32 Å². The van der Waals surface area contributed by atoms with Crippen LogP contribution < -0.4 is 5.32 Å². The summed E-state index contributed by atoms with van der Waals surface area (Å²) in [4.78, 5) is 23.7. The standard InChI is InChI=1S/C16H16N2O3S/c1-2-22-15-10-6-4-8-13(15)17-16(19)11-12-7-3-5-9-14(12)18(20)21/h3-10H,2,11H2,1H3,(H,17,19). The van der Waals surface area contributed by atoms with Gasteiger partial charge in [0.2, 0.25) is 5.91 Å². The van der Waals surface area contributed by atoms with Crippen LogP contribution in [0.5, 0.6) is 0 Å². The molecule has 0 aromatic heterocycles. The van der Waals surface area contributed by atoms with Gasteiger partial charge in [-0.15, -0.1) is 11.8 Å². The lowest BCUT2D eigenvalue weighted by Crippen LogP contribution is -2.15. The van der Waals surface area contributed by atoms with E-state index in [9.17, 15) is 14.9 Å². The summed E-state index contributed by atoms with van der Waals surface area (Å²) in [6.45, 7) is 2.04. The van der Waals surface area contributed by atoms with Crippen molar-refractivity contribution in [3.63, 3.8) is 0 Å². The SMILES string of the molecule is CCSc1ccccc1NC(=O)Cc1ccccc1[N+](=O)[O-]. The number of rotatable bonds is 6. The maximum atomic E-state index is 12.2. The molecule has 1 N–H and O–H groups in total. The molecule has 0 fully saturated rings. The Hall–Kier alpha value is -2.34. The van der Waals surface area contributed by atoms with Crippen LogP contribution in [0.4, 0.5) is 11.4 Å². The van der Waals surface area contributed by atoms with Gasteiger partial charge in [0.15, 0.2) is 0 Å². The Balaban J connectivity index is 2.13. The summed E-state index contributed by atoms with van der Waals surface area (Å²) in [7, 11) is 0. The van der Waals surface area contributed by atoms with Crippen molar-refractivity contribution in [2.75, 3.05) is 11.1 Å². The fourth-order valence-corrected chi connectivity index (χ4v) is 2.82. The quantitative estimate of drug-likeness (QED) is 0.498. The average molecular weight is 316 g/mol. The molecule has 0 bridgehead atoms. The molecule has 0 unspecified atom stereocenters. The summed E-state index contributed by atoms with van der Waals surface area (Å²) in [5.74, 6) is 0.635. The van der Waals surface area contributed by atoms with Gasteiger partial charge in [-0.2, -0.15) is 0 Å². The summed E-state index contributed by atoms with van der Waals surface area (Å²) >= 11 is 1.64. The van der Waals surface area contributed by atoms with Crippen LogP contribution in [0.1, 0.15) is 12.5 Å². The lowest BCUT2D eigenvalue weighted by molar-refractivity contribution is -0.385. The van der Waals surface area contributed by atoms with Gasteiger partial charge in [-0.3, -0.25) is 14.9 Å². The first kappa shape index (κ1) is 16.0. The van der Waals surface area contributed by atoms with Gasteiger partial charge in [0, 0.05) is 16.5 Å². The number of anilines is 1. The lowest BCUT2D eigenvalue weighted by Gasteiger charge is -2.10. The third kappa shape index (κ3) is 4.08. The number of carbonyl (C=O) groups excluding carboxylic acids is 1. The number of nitrogens with zero attached hydrogens (tertiary/aromatic N) is 1. The van der Waals surface area contributed by atoms with E-state index >= 15 is 0 Å². The molecule has 0 aliphatic carbocycles. The topological polar surface area (TPSA) is 72.2 Å². The highest BCUT2D eigenvalue weighted by Crippen LogP contribution is 2.27. The van der Waals surface area contributed by atoms with Gasteiger partial charge in [0.25, 0.3) is 5.69 Å². The van der Waals surface area contributed by atoms with Crippen molar-refractivity contribution < 1.29 is 9.72 Å². The maximum Gasteiger partial charge on any atom is 0.273 e. The van der Waals surface area contributed by atoms with E-state index in [1.165, 1.54) is 6.07 Å². The molecule has 114 valence electrons. The largest absolute Gasteiger partial charge is 0.325 e. The molecule has 6 heteroatoms. The zero-order chi connectivity index (χ0) is 15.9. The number of nitrogens with one attached hydrogen (secondary N) is 1. The third-order valence-electron chi connectivity index (χ3n) is 3.00. The van der Waals surface area contributed by atoms with Crippen LogP contribution in [0, 0.1) is 10.1 Å². The van der Waals surface area contributed by atoms with Crippen LogP contribution in [-0.4, -0.2) is 16.6 Å². The Morgan fingerprint density at radius 3 is 2.59 bits per heavy atom. The number of amides is 1. The van der Waals surface area contributed by atoms with E-state index < -0.39 is 4.92 Å². The predicted molar refractivity (Wildman–Crippen MR) is 88.3 cm³/mol. The van der Waals surface area contributed by atoms with Crippen molar-refractivity contribution in [3.8, 4) is 0 Å². The Morgan fingerprint density at radius 2 is 1.86 bits per heavy atom. The molecule has 0 aliphatic heterocycles. The molecule has 1 amide bonds. The highest BCUT2D eigenvalue weighted by molar-refractivity contribution is 7.99. The molecule has 2 aromatic rings. The van der Waals surface area contributed by atoms with Gasteiger partial charge < -0.3 is 5.32 Å². The van der Waals surface area contributed by atoms with Crippen LogP contribution in [0.2, 0.25) is 0 Å². The Kier molecular flexibility index (Phi) is 5.55. The summed E-state index contributed by atoms with van der Waals surface area (Å²) in [6.07, 6.45) is -0.0255. The summed E-state index contributed by atoms with van der Waals surface area (Å²) in [6, 6.07) is 13.8. The Bertz CT molecular complexity index is 689. The van der Waals surface area contributed by atoms with Gasteiger partial charge in [0.1, 0.15) is 0 Å². The maximum absolute atomic E-state index is 12.2. The van der Waals surface area contributed by atoms with Gasteiger partial charge in [-0.25, -0.2) is 0 Å². The number of thioether (sulfide) groups is 1. The molecule has 0 spiro atoms. The Morgan fingerprint density at radius 1 is 1.18 bits per heavy atom. The third-order valence-corrected chi connectivity index (χ3v) is 3.96. The first-order valence-electron chi connectivity index (χ1n) is 6.85. The summed E-state index contributed by atoms with van der Waals surface area (Å²) in [5.41, 5.74) is 1.11. The minimum Gasteiger partial charge on any atom is -0.325 e. The number of nitro benzene ring substituents is 1. The van der Waals surface area contributed by atoms with Crippen LogP contribution >= 0.6 is 11.8 Å². The molecule has 0 atom stereocenters. The van der Waals surface area contributed by atoms with E-state index in [1.54, 1.807) is 30.0 Å². The van der Waals surface area contributed by atoms with Crippen molar-refractivity contribution in [1.29, 1.82) is 0 Å². The molecule has 22 heavy (non-hydrogen) atoms. The molecule has 0 radical (unpaired) electrons. The molecule has 0 heterocycles. The van der Waals surface area contributed by atoms with E-state index in [0.717, 1.165) is 16.3 Å². The van der Waals surface area contributed by atoms with Crippen molar-refractivity contribution in [1.82, 2.24) is 0 Å². The highest BCUT2D eigenvalue weighted by atomic mass is 32.2. The van der Waals surface area contributed by atoms with E-state index in [-0.39, 0.29) is 18.0 Å². The van der Waals surface area contributed by atoms with Crippen molar-refractivity contribution >= 4 is 29.0 Å². The second-order valence-corrected chi connectivity index (χ2v) is 5.85. The molecule has 0 saturated carbocycles. The highest BCUT2D eigenvalue weighted by Gasteiger charge is 2.16. The van der Waals surface area contributed by atoms with E-state index in [1.807, 2.05) is 31.2 Å². The number of carbonyl (C=O) groups is 1. The number of nitro groups is 1. The molecule has 0 saturated heterocycles.